The number of carbonyl (C=O) groups excluding carboxylic acids is 1. The number of amides is 1. The predicted molar refractivity (Wildman–Crippen MR) is 86.4 cm³/mol. The van der Waals surface area contributed by atoms with Gasteiger partial charge in [0.1, 0.15) is 0 Å². The Bertz CT molecular complexity index is 630. The van der Waals surface area contributed by atoms with Crippen LogP contribution < -0.4 is 15.8 Å². The number of nitrogens with two attached hydrogens (primary N) is 1. The molecule has 0 spiro atoms. The average Bonchev–Trinajstić information content (AvgIpc) is 2.32. The number of anilines is 1. The van der Waals surface area contributed by atoms with Crippen molar-refractivity contribution in [1.82, 2.24) is 10.0 Å². The molecular weight excluding hydrogens is 358 g/mol. The van der Waals surface area contributed by atoms with Crippen molar-refractivity contribution < 1.29 is 13.2 Å². The maximum Gasteiger partial charge on any atom is 0.240 e. The van der Waals surface area contributed by atoms with Gasteiger partial charge in [0, 0.05) is 29.2 Å². The molecule has 0 atom stereocenters. The van der Waals surface area contributed by atoms with Crippen molar-refractivity contribution in [3.63, 3.8) is 0 Å². The molecule has 0 radical (unpaired) electrons. The highest BCUT2D eigenvalue weighted by atomic mass is 79.9. The Morgan fingerprint density at radius 3 is 2.57 bits per heavy atom. The summed E-state index contributed by atoms with van der Waals surface area (Å²) in [6, 6.07) is 3.08. The largest absolute Gasteiger partial charge is 0.398 e. The van der Waals surface area contributed by atoms with E-state index < -0.39 is 10.0 Å². The summed E-state index contributed by atoms with van der Waals surface area (Å²) in [5, 5.41) is 2.70. The van der Waals surface area contributed by atoms with Crippen LogP contribution in [-0.2, 0) is 14.8 Å². The van der Waals surface area contributed by atoms with E-state index >= 15 is 0 Å². The van der Waals surface area contributed by atoms with Crippen molar-refractivity contribution in [3.05, 3.63) is 22.2 Å². The van der Waals surface area contributed by atoms with Gasteiger partial charge >= 0.3 is 0 Å². The van der Waals surface area contributed by atoms with Crippen molar-refractivity contribution in [2.45, 2.75) is 38.1 Å². The number of halogens is 1. The van der Waals surface area contributed by atoms with Crippen LogP contribution in [0.25, 0.3) is 0 Å². The van der Waals surface area contributed by atoms with Gasteiger partial charge in [-0.3, -0.25) is 4.79 Å². The topological polar surface area (TPSA) is 101 Å². The molecule has 0 saturated heterocycles. The molecule has 118 valence electrons. The molecule has 0 bridgehead atoms. The van der Waals surface area contributed by atoms with Crippen LogP contribution in [0.4, 0.5) is 5.69 Å². The van der Waals surface area contributed by atoms with Crippen molar-refractivity contribution in [1.29, 1.82) is 0 Å². The average molecular weight is 378 g/mol. The molecule has 0 fully saturated rings. The van der Waals surface area contributed by atoms with E-state index in [1.165, 1.54) is 6.07 Å². The first-order valence-corrected chi connectivity index (χ1v) is 8.75. The fraction of sp³-hybridized carbons (Fsp3) is 0.462. The third-order valence-corrected chi connectivity index (χ3v) is 4.97. The Morgan fingerprint density at radius 1 is 1.38 bits per heavy atom. The standard InChI is InChI=1S/C13H20BrN3O3S/c1-8(2)17-13(18)4-5-16-21(19,20)12-7-11(15)10(14)6-9(12)3/h6-8,16H,4-5,15H2,1-3H3,(H,17,18). The molecule has 0 heterocycles. The van der Waals surface area contributed by atoms with Crippen molar-refractivity contribution in [3.8, 4) is 0 Å². The van der Waals surface area contributed by atoms with Gasteiger partial charge in [-0.25, -0.2) is 13.1 Å². The summed E-state index contributed by atoms with van der Waals surface area (Å²) < 4.78 is 27.5. The van der Waals surface area contributed by atoms with Crippen LogP contribution in [0.15, 0.2) is 21.5 Å². The van der Waals surface area contributed by atoms with Gasteiger partial charge in [-0.1, -0.05) is 0 Å². The Balaban J connectivity index is 2.75. The van der Waals surface area contributed by atoms with E-state index in [1.807, 2.05) is 13.8 Å². The van der Waals surface area contributed by atoms with Crippen LogP contribution in [0.2, 0.25) is 0 Å². The van der Waals surface area contributed by atoms with Crippen LogP contribution >= 0.6 is 15.9 Å². The summed E-state index contributed by atoms with van der Waals surface area (Å²) >= 11 is 3.25. The van der Waals surface area contributed by atoms with Crippen molar-refractivity contribution in [2.75, 3.05) is 12.3 Å². The molecule has 0 aromatic heterocycles. The second-order valence-corrected chi connectivity index (χ2v) is 7.60. The van der Waals surface area contributed by atoms with Crippen LogP contribution in [0.1, 0.15) is 25.8 Å². The highest BCUT2D eigenvalue weighted by molar-refractivity contribution is 9.10. The number of carbonyl (C=O) groups is 1. The fourth-order valence-electron chi connectivity index (χ4n) is 1.73. The lowest BCUT2D eigenvalue weighted by Gasteiger charge is -2.12. The number of nitrogens with one attached hydrogen (secondary N) is 2. The fourth-order valence-corrected chi connectivity index (χ4v) is 3.48. The summed E-state index contributed by atoms with van der Waals surface area (Å²) in [4.78, 5) is 11.6. The minimum atomic E-state index is -3.69. The van der Waals surface area contributed by atoms with E-state index in [0.717, 1.165) is 0 Å². The first-order valence-electron chi connectivity index (χ1n) is 6.48. The summed E-state index contributed by atoms with van der Waals surface area (Å²) in [7, 11) is -3.69. The number of hydrogen-bond acceptors (Lipinski definition) is 4. The number of hydrogen-bond donors (Lipinski definition) is 3. The van der Waals surface area contributed by atoms with Crippen LogP contribution in [0.5, 0.6) is 0 Å². The molecule has 8 heteroatoms. The Kier molecular flexibility index (Phi) is 6.18. The Labute approximate surface area is 133 Å². The molecule has 1 amide bonds. The number of nitrogen functional groups attached to an aromatic ring is 1. The lowest BCUT2D eigenvalue weighted by molar-refractivity contribution is -0.121. The van der Waals surface area contributed by atoms with E-state index in [4.69, 9.17) is 5.73 Å². The lowest BCUT2D eigenvalue weighted by Crippen LogP contribution is -2.34. The number of rotatable bonds is 6. The van der Waals surface area contributed by atoms with Gasteiger partial charge in [-0.15, -0.1) is 0 Å². The van der Waals surface area contributed by atoms with Crippen LogP contribution in [-0.4, -0.2) is 26.9 Å². The maximum absolute atomic E-state index is 12.2. The van der Waals surface area contributed by atoms with E-state index in [0.29, 0.717) is 15.7 Å². The van der Waals surface area contributed by atoms with Gasteiger partial charge in [0.05, 0.1) is 4.90 Å². The highest BCUT2D eigenvalue weighted by Gasteiger charge is 2.18. The molecule has 21 heavy (non-hydrogen) atoms. The number of sulfonamides is 1. The molecule has 1 rings (SSSR count). The molecular formula is C13H20BrN3O3S. The van der Waals surface area contributed by atoms with Gasteiger partial charge in [-0.05, 0) is 54.4 Å². The second-order valence-electron chi connectivity index (χ2n) is 5.01. The lowest BCUT2D eigenvalue weighted by atomic mass is 10.2. The van der Waals surface area contributed by atoms with E-state index in [9.17, 15) is 13.2 Å². The van der Waals surface area contributed by atoms with Gasteiger partial charge in [0.25, 0.3) is 0 Å². The summed E-state index contributed by atoms with van der Waals surface area (Å²) in [5.74, 6) is -0.195. The van der Waals surface area contributed by atoms with Crippen molar-refractivity contribution in [2.24, 2.45) is 0 Å². The zero-order valence-electron chi connectivity index (χ0n) is 12.2. The first-order chi connectivity index (χ1) is 9.63. The van der Waals surface area contributed by atoms with Gasteiger partial charge < -0.3 is 11.1 Å². The van der Waals surface area contributed by atoms with E-state index in [1.54, 1.807) is 13.0 Å². The maximum atomic E-state index is 12.2. The summed E-state index contributed by atoms with van der Waals surface area (Å²) in [6.45, 7) is 5.41. The molecule has 0 aliphatic heterocycles. The summed E-state index contributed by atoms with van der Waals surface area (Å²) in [5.41, 5.74) is 6.64. The molecule has 6 nitrogen and oxygen atoms in total. The minimum Gasteiger partial charge on any atom is -0.398 e. The zero-order chi connectivity index (χ0) is 16.2. The van der Waals surface area contributed by atoms with E-state index in [2.05, 4.69) is 26.0 Å². The minimum absolute atomic E-state index is 0.0302. The SMILES string of the molecule is Cc1cc(Br)c(N)cc1S(=O)(=O)NCCC(=O)NC(C)C. The number of benzene rings is 1. The van der Waals surface area contributed by atoms with Gasteiger partial charge in [0.15, 0.2) is 0 Å². The zero-order valence-corrected chi connectivity index (χ0v) is 14.6. The first kappa shape index (κ1) is 17.9. The molecule has 0 aliphatic carbocycles. The molecule has 1 aromatic rings. The Hall–Kier alpha value is -1.12. The molecule has 0 aliphatic rings. The molecule has 1 aromatic carbocycles. The Morgan fingerprint density at radius 2 is 2.00 bits per heavy atom. The van der Waals surface area contributed by atoms with Gasteiger partial charge in [0.2, 0.25) is 15.9 Å². The predicted octanol–water partition coefficient (Wildman–Crippen LogP) is 1.53. The van der Waals surface area contributed by atoms with Crippen molar-refractivity contribution >= 4 is 37.5 Å². The highest BCUT2D eigenvalue weighted by Crippen LogP contribution is 2.26. The molecule has 0 unspecified atom stereocenters. The monoisotopic (exact) mass is 377 g/mol. The van der Waals surface area contributed by atoms with Crippen LogP contribution in [0.3, 0.4) is 0 Å². The smallest absolute Gasteiger partial charge is 0.240 e. The summed E-state index contributed by atoms with van der Waals surface area (Å²) in [6.07, 6.45) is 0.0858. The quantitative estimate of drug-likeness (QED) is 0.654. The third-order valence-electron chi connectivity index (χ3n) is 2.68. The number of aryl methyl sites for hydroxylation is 1. The molecule has 4 N–H and O–H groups in total. The van der Waals surface area contributed by atoms with E-state index in [-0.39, 0.29) is 29.8 Å². The molecule has 0 saturated carbocycles. The van der Waals surface area contributed by atoms with Crippen LogP contribution in [0, 0.1) is 6.92 Å². The van der Waals surface area contributed by atoms with Gasteiger partial charge in [-0.2, -0.15) is 0 Å². The normalized spacial score (nSPS) is 11.7. The third kappa shape index (κ3) is 5.29. The second kappa shape index (κ2) is 7.24.